The minimum Gasteiger partial charge on any atom is -0.493 e. The average Bonchev–Trinajstić information content (AvgIpc) is 2.77. The molecule has 0 aliphatic rings. The Hall–Kier alpha value is -2.01. The third-order valence-electron chi connectivity index (χ3n) is 3.38. The van der Waals surface area contributed by atoms with Crippen LogP contribution in [0.15, 0.2) is 41.0 Å². The monoisotopic (exact) mass is 345 g/mol. The molecule has 0 amide bonds. The van der Waals surface area contributed by atoms with E-state index in [1.165, 1.54) is 0 Å². The molecule has 3 rings (SSSR count). The van der Waals surface area contributed by atoms with Crippen molar-refractivity contribution in [1.29, 1.82) is 0 Å². The van der Waals surface area contributed by atoms with Gasteiger partial charge in [0.05, 0.1) is 6.61 Å². The van der Waals surface area contributed by atoms with Crippen LogP contribution in [0.25, 0.3) is 16.9 Å². The van der Waals surface area contributed by atoms with Crippen molar-refractivity contribution in [2.75, 3.05) is 12.3 Å². The van der Waals surface area contributed by atoms with Gasteiger partial charge in [0, 0.05) is 16.2 Å². The molecule has 0 spiro atoms. The van der Waals surface area contributed by atoms with Crippen LogP contribution in [0.3, 0.4) is 0 Å². The lowest BCUT2D eigenvalue weighted by Gasteiger charge is -2.08. The fourth-order valence-electron chi connectivity index (χ4n) is 2.32. The third-order valence-corrected chi connectivity index (χ3v) is 4.21. The SMILES string of the molecule is CCOc1ccccc1-c1nc2cc(C)c(Br)cn2c1N. The van der Waals surface area contributed by atoms with E-state index in [1.54, 1.807) is 0 Å². The van der Waals surface area contributed by atoms with E-state index in [0.717, 1.165) is 32.7 Å². The zero-order valence-electron chi connectivity index (χ0n) is 11.9. The number of halogens is 1. The number of aryl methyl sites for hydroxylation is 1. The van der Waals surface area contributed by atoms with Gasteiger partial charge in [0.15, 0.2) is 0 Å². The van der Waals surface area contributed by atoms with Gasteiger partial charge in [-0.15, -0.1) is 0 Å². The van der Waals surface area contributed by atoms with E-state index in [4.69, 9.17) is 10.5 Å². The predicted octanol–water partition coefficient (Wildman–Crippen LogP) is 4.05. The Morgan fingerprint density at radius 3 is 2.86 bits per heavy atom. The first kappa shape index (κ1) is 13.9. The lowest BCUT2D eigenvalue weighted by Crippen LogP contribution is -1.97. The number of imidazole rings is 1. The smallest absolute Gasteiger partial charge is 0.139 e. The second kappa shape index (κ2) is 5.41. The average molecular weight is 346 g/mol. The van der Waals surface area contributed by atoms with Gasteiger partial charge in [-0.1, -0.05) is 12.1 Å². The maximum Gasteiger partial charge on any atom is 0.139 e. The van der Waals surface area contributed by atoms with Crippen LogP contribution in [0.5, 0.6) is 5.75 Å². The fourth-order valence-corrected chi connectivity index (χ4v) is 2.64. The summed E-state index contributed by atoms with van der Waals surface area (Å²) in [5, 5.41) is 0. The molecule has 21 heavy (non-hydrogen) atoms. The van der Waals surface area contributed by atoms with Crippen molar-refractivity contribution in [3.8, 4) is 17.0 Å². The van der Waals surface area contributed by atoms with Crippen LogP contribution in [-0.4, -0.2) is 16.0 Å². The molecule has 0 unspecified atom stereocenters. The van der Waals surface area contributed by atoms with E-state index >= 15 is 0 Å². The Labute approximate surface area is 131 Å². The molecule has 3 aromatic rings. The lowest BCUT2D eigenvalue weighted by molar-refractivity contribution is 0.341. The molecule has 0 radical (unpaired) electrons. The highest BCUT2D eigenvalue weighted by Crippen LogP contribution is 2.34. The van der Waals surface area contributed by atoms with Gasteiger partial charge in [0.2, 0.25) is 0 Å². The quantitative estimate of drug-likeness (QED) is 0.778. The van der Waals surface area contributed by atoms with Crippen molar-refractivity contribution in [2.45, 2.75) is 13.8 Å². The summed E-state index contributed by atoms with van der Waals surface area (Å²) in [7, 11) is 0. The van der Waals surface area contributed by atoms with E-state index in [1.807, 2.05) is 54.8 Å². The summed E-state index contributed by atoms with van der Waals surface area (Å²) in [5.41, 5.74) is 9.89. The maximum absolute atomic E-state index is 6.28. The molecule has 2 N–H and O–H groups in total. The van der Waals surface area contributed by atoms with Crippen LogP contribution in [-0.2, 0) is 0 Å². The number of hydrogen-bond acceptors (Lipinski definition) is 3. The van der Waals surface area contributed by atoms with Crippen LogP contribution in [0.2, 0.25) is 0 Å². The second-order valence-electron chi connectivity index (χ2n) is 4.81. The summed E-state index contributed by atoms with van der Waals surface area (Å²) >= 11 is 3.53. The van der Waals surface area contributed by atoms with E-state index < -0.39 is 0 Å². The van der Waals surface area contributed by atoms with Gasteiger partial charge in [-0.2, -0.15) is 0 Å². The number of hydrogen-bond donors (Lipinski definition) is 1. The molecular weight excluding hydrogens is 330 g/mol. The summed E-state index contributed by atoms with van der Waals surface area (Å²) in [6.45, 7) is 4.60. The van der Waals surface area contributed by atoms with Crippen molar-refractivity contribution >= 4 is 27.4 Å². The molecule has 108 valence electrons. The van der Waals surface area contributed by atoms with Crippen LogP contribution in [0, 0.1) is 6.92 Å². The van der Waals surface area contributed by atoms with Crippen LogP contribution < -0.4 is 10.5 Å². The van der Waals surface area contributed by atoms with E-state index in [9.17, 15) is 0 Å². The molecule has 2 heterocycles. The molecule has 0 saturated heterocycles. The number of pyridine rings is 1. The molecule has 1 aromatic carbocycles. The lowest BCUT2D eigenvalue weighted by atomic mass is 10.1. The number of aromatic nitrogens is 2. The number of ether oxygens (including phenoxy) is 1. The molecule has 2 aromatic heterocycles. The standard InChI is InChI=1S/C16H16BrN3O/c1-3-21-13-7-5-4-6-11(13)15-16(18)20-9-12(17)10(2)8-14(20)19-15/h4-9H,3,18H2,1-2H3. The highest BCUT2D eigenvalue weighted by molar-refractivity contribution is 9.10. The van der Waals surface area contributed by atoms with E-state index in [0.29, 0.717) is 12.4 Å². The molecule has 0 saturated carbocycles. The van der Waals surface area contributed by atoms with Crippen LogP contribution >= 0.6 is 15.9 Å². The zero-order valence-corrected chi connectivity index (χ0v) is 13.5. The van der Waals surface area contributed by atoms with Gasteiger partial charge < -0.3 is 10.5 Å². The first-order valence-electron chi connectivity index (χ1n) is 6.77. The molecule has 0 fully saturated rings. The van der Waals surface area contributed by atoms with Crippen molar-refractivity contribution in [2.24, 2.45) is 0 Å². The van der Waals surface area contributed by atoms with E-state index in [2.05, 4.69) is 20.9 Å². The number of benzene rings is 1. The summed E-state index contributed by atoms with van der Waals surface area (Å²) in [6.07, 6.45) is 1.94. The van der Waals surface area contributed by atoms with Crippen LogP contribution in [0.1, 0.15) is 12.5 Å². The Morgan fingerprint density at radius 1 is 1.33 bits per heavy atom. The normalized spacial score (nSPS) is 11.0. The van der Waals surface area contributed by atoms with Gasteiger partial charge >= 0.3 is 0 Å². The minimum absolute atomic E-state index is 0.606. The van der Waals surface area contributed by atoms with Gasteiger partial charge in [0.25, 0.3) is 0 Å². The Kier molecular flexibility index (Phi) is 3.59. The van der Waals surface area contributed by atoms with Crippen molar-refractivity contribution in [1.82, 2.24) is 9.38 Å². The molecule has 5 heteroatoms. The van der Waals surface area contributed by atoms with Crippen molar-refractivity contribution in [3.63, 3.8) is 0 Å². The number of rotatable bonds is 3. The maximum atomic E-state index is 6.28. The molecule has 4 nitrogen and oxygen atoms in total. The number of nitrogens with zero attached hydrogens (tertiary/aromatic N) is 2. The van der Waals surface area contributed by atoms with Gasteiger partial charge in [-0.3, -0.25) is 4.40 Å². The molecule has 0 bridgehead atoms. The topological polar surface area (TPSA) is 52.5 Å². The fraction of sp³-hybridized carbons (Fsp3) is 0.188. The Morgan fingerprint density at radius 2 is 2.10 bits per heavy atom. The molecule has 0 aliphatic carbocycles. The number of nitrogens with two attached hydrogens (primary N) is 1. The zero-order chi connectivity index (χ0) is 15.0. The number of nitrogen functional groups attached to an aromatic ring is 1. The second-order valence-corrected chi connectivity index (χ2v) is 5.66. The summed E-state index contributed by atoms with van der Waals surface area (Å²) < 4.78 is 8.56. The third kappa shape index (κ3) is 2.38. The van der Waals surface area contributed by atoms with Crippen LogP contribution in [0.4, 0.5) is 5.82 Å². The highest BCUT2D eigenvalue weighted by atomic mass is 79.9. The van der Waals surface area contributed by atoms with Crippen molar-refractivity contribution < 1.29 is 4.74 Å². The Balaban J connectivity index is 2.24. The number of anilines is 1. The first-order chi connectivity index (χ1) is 10.1. The van der Waals surface area contributed by atoms with Gasteiger partial charge in [0.1, 0.15) is 22.9 Å². The largest absolute Gasteiger partial charge is 0.493 e. The Bertz CT molecular complexity index is 811. The molecule has 0 aliphatic heterocycles. The highest BCUT2D eigenvalue weighted by Gasteiger charge is 2.15. The van der Waals surface area contributed by atoms with Gasteiger partial charge in [-0.25, -0.2) is 4.98 Å². The van der Waals surface area contributed by atoms with Gasteiger partial charge in [-0.05, 0) is 53.5 Å². The number of fused-ring (bicyclic) bond motifs is 1. The van der Waals surface area contributed by atoms with E-state index in [-0.39, 0.29) is 0 Å². The molecule has 0 atom stereocenters. The predicted molar refractivity (Wildman–Crippen MR) is 88.6 cm³/mol. The number of para-hydroxylation sites is 1. The summed E-state index contributed by atoms with van der Waals surface area (Å²) in [4.78, 5) is 4.66. The minimum atomic E-state index is 0.606. The van der Waals surface area contributed by atoms with Crippen molar-refractivity contribution in [3.05, 3.63) is 46.6 Å². The molecular formula is C16H16BrN3O. The summed E-state index contributed by atoms with van der Waals surface area (Å²) in [5.74, 6) is 1.41. The summed E-state index contributed by atoms with van der Waals surface area (Å²) in [6, 6.07) is 9.82. The first-order valence-corrected chi connectivity index (χ1v) is 7.57.